The van der Waals surface area contributed by atoms with Gasteiger partial charge in [0, 0.05) is 19.2 Å². The van der Waals surface area contributed by atoms with Gasteiger partial charge in [0.1, 0.15) is 5.75 Å². The number of nitrogens with zero attached hydrogens (tertiary/aromatic N) is 2. The van der Waals surface area contributed by atoms with E-state index in [1.54, 1.807) is 11.8 Å². The Morgan fingerprint density at radius 2 is 1.79 bits per heavy atom. The van der Waals surface area contributed by atoms with Crippen LogP contribution in [0.5, 0.6) is 5.75 Å². The Bertz CT molecular complexity index is 388. The van der Waals surface area contributed by atoms with E-state index >= 15 is 0 Å². The highest BCUT2D eigenvalue weighted by molar-refractivity contribution is 5.91. The number of amides is 1. The number of hydrogen-bond acceptors (Lipinski definition) is 3. The Morgan fingerprint density at radius 3 is 2.26 bits per heavy atom. The molecule has 0 aliphatic heterocycles. The molecule has 0 aliphatic carbocycles. The Morgan fingerprint density at radius 1 is 1.16 bits per heavy atom. The van der Waals surface area contributed by atoms with Crippen molar-refractivity contribution in [3.63, 3.8) is 0 Å². The van der Waals surface area contributed by atoms with Gasteiger partial charge in [-0.3, -0.25) is 4.79 Å². The summed E-state index contributed by atoms with van der Waals surface area (Å²) in [5.41, 5.74) is 0.926. The molecule has 4 heteroatoms. The lowest BCUT2D eigenvalue weighted by atomic mass is 10.2. The summed E-state index contributed by atoms with van der Waals surface area (Å²) in [4.78, 5) is 15.6. The molecule has 0 radical (unpaired) electrons. The molecule has 1 rings (SSSR count). The number of ether oxygens (including phenoxy) is 1. The van der Waals surface area contributed by atoms with Crippen LogP contribution in [0.1, 0.15) is 20.3 Å². The number of rotatable bonds is 7. The third-order valence-electron chi connectivity index (χ3n) is 2.83. The molecule has 0 aromatic heterocycles. The first-order chi connectivity index (χ1) is 9.04. The van der Waals surface area contributed by atoms with Gasteiger partial charge >= 0.3 is 0 Å². The Hall–Kier alpha value is -1.55. The van der Waals surface area contributed by atoms with Gasteiger partial charge < -0.3 is 14.5 Å². The van der Waals surface area contributed by atoms with E-state index in [0.717, 1.165) is 30.9 Å². The lowest BCUT2D eigenvalue weighted by Gasteiger charge is -2.22. The molecule has 1 aromatic rings. The SMILES string of the molecule is CCOc1ccc(N(CCCN(C)C)C(C)=O)cc1. The van der Waals surface area contributed by atoms with E-state index in [2.05, 4.69) is 4.90 Å². The lowest BCUT2D eigenvalue weighted by molar-refractivity contribution is -0.116. The number of benzene rings is 1. The van der Waals surface area contributed by atoms with Crippen molar-refractivity contribution in [1.82, 2.24) is 4.90 Å². The highest BCUT2D eigenvalue weighted by atomic mass is 16.5. The van der Waals surface area contributed by atoms with Crippen molar-refractivity contribution in [3.05, 3.63) is 24.3 Å². The monoisotopic (exact) mass is 264 g/mol. The van der Waals surface area contributed by atoms with Gasteiger partial charge in [0.25, 0.3) is 0 Å². The molecule has 1 aromatic carbocycles. The molecule has 1 amide bonds. The quantitative estimate of drug-likeness (QED) is 0.758. The predicted molar refractivity (Wildman–Crippen MR) is 78.8 cm³/mol. The largest absolute Gasteiger partial charge is 0.494 e. The molecule has 0 spiro atoms. The maximum atomic E-state index is 11.7. The third-order valence-corrected chi connectivity index (χ3v) is 2.83. The van der Waals surface area contributed by atoms with Gasteiger partial charge in [0.2, 0.25) is 5.91 Å². The highest BCUT2D eigenvalue weighted by Gasteiger charge is 2.11. The van der Waals surface area contributed by atoms with Crippen LogP contribution < -0.4 is 9.64 Å². The highest BCUT2D eigenvalue weighted by Crippen LogP contribution is 2.20. The van der Waals surface area contributed by atoms with Gasteiger partial charge in [-0.05, 0) is 58.3 Å². The molecular formula is C15H24N2O2. The Kier molecular flexibility index (Phi) is 6.36. The van der Waals surface area contributed by atoms with E-state index in [9.17, 15) is 4.79 Å². The molecule has 0 atom stereocenters. The van der Waals surface area contributed by atoms with Crippen molar-refractivity contribution in [1.29, 1.82) is 0 Å². The van der Waals surface area contributed by atoms with Crippen LogP contribution in [-0.4, -0.2) is 44.6 Å². The zero-order chi connectivity index (χ0) is 14.3. The van der Waals surface area contributed by atoms with Crippen molar-refractivity contribution in [2.24, 2.45) is 0 Å². The van der Waals surface area contributed by atoms with Gasteiger partial charge in [-0.25, -0.2) is 0 Å². The minimum absolute atomic E-state index is 0.0721. The van der Waals surface area contributed by atoms with Crippen molar-refractivity contribution in [2.45, 2.75) is 20.3 Å². The third kappa shape index (κ3) is 5.30. The van der Waals surface area contributed by atoms with Gasteiger partial charge in [0.05, 0.1) is 6.61 Å². The van der Waals surface area contributed by atoms with E-state index in [4.69, 9.17) is 4.74 Å². The first kappa shape index (κ1) is 15.5. The summed E-state index contributed by atoms with van der Waals surface area (Å²) >= 11 is 0. The summed E-state index contributed by atoms with van der Waals surface area (Å²) in [6.07, 6.45) is 0.958. The molecule has 0 bridgehead atoms. The fourth-order valence-corrected chi connectivity index (χ4v) is 1.90. The predicted octanol–water partition coefficient (Wildman–Crippen LogP) is 2.39. The number of carbonyl (C=O) groups excluding carboxylic acids is 1. The number of carbonyl (C=O) groups is 1. The summed E-state index contributed by atoms with van der Waals surface area (Å²) in [5.74, 6) is 0.908. The summed E-state index contributed by atoms with van der Waals surface area (Å²) in [5, 5.41) is 0. The second-order valence-corrected chi connectivity index (χ2v) is 4.75. The molecule has 19 heavy (non-hydrogen) atoms. The minimum Gasteiger partial charge on any atom is -0.494 e. The molecule has 0 fully saturated rings. The van der Waals surface area contributed by atoms with Crippen LogP contribution in [0.4, 0.5) is 5.69 Å². The molecular weight excluding hydrogens is 240 g/mol. The topological polar surface area (TPSA) is 32.8 Å². The van der Waals surface area contributed by atoms with Crippen LogP contribution in [0.2, 0.25) is 0 Å². The molecule has 0 aliphatic rings. The zero-order valence-electron chi connectivity index (χ0n) is 12.3. The van der Waals surface area contributed by atoms with Crippen molar-refractivity contribution in [2.75, 3.05) is 38.7 Å². The minimum atomic E-state index is 0.0721. The van der Waals surface area contributed by atoms with Gasteiger partial charge in [-0.1, -0.05) is 0 Å². The van der Waals surface area contributed by atoms with Crippen molar-refractivity contribution >= 4 is 11.6 Å². The average molecular weight is 264 g/mol. The summed E-state index contributed by atoms with van der Waals surface area (Å²) in [7, 11) is 4.07. The first-order valence-corrected chi connectivity index (χ1v) is 6.70. The summed E-state index contributed by atoms with van der Waals surface area (Å²) < 4.78 is 5.40. The lowest BCUT2D eigenvalue weighted by Crippen LogP contribution is -2.31. The number of anilines is 1. The molecule has 0 unspecified atom stereocenters. The second kappa shape index (κ2) is 7.79. The van der Waals surface area contributed by atoms with Gasteiger partial charge in [-0.2, -0.15) is 0 Å². The standard InChI is InChI=1S/C15H24N2O2/c1-5-19-15-9-7-14(8-10-15)17(13(2)18)12-6-11-16(3)4/h7-10H,5-6,11-12H2,1-4H3. The van der Waals surface area contributed by atoms with E-state index in [1.165, 1.54) is 0 Å². The molecule has 0 heterocycles. The van der Waals surface area contributed by atoms with Gasteiger partial charge in [0.15, 0.2) is 0 Å². The van der Waals surface area contributed by atoms with E-state index in [0.29, 0.717) is 6.61 Å². The maximum Gasteiger partial charge on any atom is 0.223 e. The van der Waals surface area contributed by atoms with Gasteiger partial charge in [-0.15, -0.1) is 0 Å². The molecule has 0 saturated carbocycles. The first-order valence-electron chi connectivity index (χ1n) is 6.70. The van der Waals surface area contributed by atoms with Crippen LogP contribution in [-0.2, 0) is 4.79 Å². The van der Waals surface area contributed by atoms with Crippen LogP contribution in [0.3, 0.4) is 0 Å². The summed E-state index contributed by atoms with van der Waals surface area (Å²) in [6.45, 7) is 5.92. The molecule has 106 valence electrons. The van der Waals surface area contributed by atoms with Crippen molar-refractivity contribution in [3.8, 4) is 5.75 Å². The Labute approximate surface area is 116 Å². The van der Waals surface area contributed by atoms with E-state index < -0.39 is 0 Å². The maximum absolute atomic E-state index is 11.7. The average Bonchev–Trinajstić information content (AvgIpc) is 2.35. The molecule has 0 N–H and O–H groups in total. The normalized spacial score (nSPS) is 10.6. The molecule has 0 saturated heterocycles. The fraction of sp³-hybridized carbons (Fsp3) is 0.533. The molecule has 4 nitrogen and oxygen atoms in total. The van der Waals surface area contributed by atoms with Crippen LogP contribution >= 0.6 is 0 Å². The van der Waals surface area contributed by atoms with Crippen LogP contribution in [0.25, 0.3) is 0 Å². The van der Waals surface area contributed by atoms with E-state index in [-0.39, 0.29) is 5.91 Å². The van der Waals surface area contributed by atoms with Crippen LogP contribution in [0.15, 0.2) is 24.3 Å². The smallest absolute Gasteiger partial charge is 0.223 e. The summed E-state index contributed by atoms with van der Waals surface area (Å²) in [6, 6.07) is 7.67. The zero-order valence-corrected chi connectivity index (χ0v) is 12.3. The number of hydrogen-bond donors (Lipinski definition) is 0. The van der Waals surface area contributed by atoms with E-state index in [1.807, 2.05) is 45.3 Å². The van der Waals surface area contributed by atoms with Crippen LogP contribution in [0, 0.1) is 0 Å². The second-order valence-electron chi connectivity index (χ2n) is 4.75. The van der Waals surface area contributed by atoms with Crippen molar-refractivity contribution < 1.29 is 9.53 Å². The Balaban J connectivity index is 2.67. The fourth-order valence-electron chi connectivity index (χ4n) is 1.90.